The summed E-state index contributed by atoms with van der Waals surface area (Å²) in [4.78, 5) is 2.35. The topological polar surface area (TPSA) is 3.24 Å². The van der Waals surface area contributed by atoms with Crippen molar-refractivity contribution in [2.45, 2.75) is 19.3 Å². The van der Waals surface area contributed by atoms with Crippen molar-refractivity contribution in [2.75, 3.05) is 4.90 Å². The Morgan fingerprint density at radius 3 is 1.56 bits per heavy atom. The fourth-order valence-corrected chi connectivity index (χ4v) is 9.11. The molecule has 0 fully saturated rings. The second kappa shape index (κ2) is 13.9. The summed E-state index contributed by atoms with van der Waals surface area (Å²) in [5.74, 6) is -0.232. The van der Waals surface area contributed by atoms with E-state index in [1.165, 1.54) is 38.9 Å². The predicted octanol–water partition coefficient (Wildman–Crippen LogP) is 15.4. The van der Waals surface area contributed by atoms with E-state index < -0.39 is 0 Å². The highest BCUT2D eigenvalue weighted by Crippen LogP contribution is 2.52. The monoisotopic (exact) mass is 733 g/mol. The van der Waals surface area contributed by atoms with Crippen molar-refractivity contribution in [2.24, 2.45) is 0 Å². The smallest absolute Gasteiger partial charge is 0.131 e. The van der Waals surface area contributed by atoms with E-state index in [9.17, 15) is 0 Å². The zero-order chi connectivity index (χ0) is 38.5. The van der Waals surface area contributed by atoms with E-state index in [1.54, 1.807) is 12.1 Å². The van der Waals surface area contributed by atoms with E-state index in [0.717, 1.165) is 50.1 Å². The average molecular weight is 734 g/mol. The van der Waals surface area contributed by atoms with Crippen LogP contribution in [0.2, 0.25) is 0 Å². The lowest BCUT2D eigenvalue weighted by molar-refractivity contribution is 0.631. The van der Waals surface area contributed by atoms with E-state index in [4.69, 9.17) is 0 Å². The molecule has 0 N–H and O–H groups in total. The van der Waals surface area contributed by atoms with Crippen LogP contribution in [0.5, 0.6) is 0 Å². The van der Waals surface area contributed by atoms with Gasteiger partial charge in [0.1, 0.15) is 5.82 Å². The van der Waals surface area contributed by atoms with Gasteiger partial charge in [0.05, 0.1) is 5.69 Å². The van der Waals surface area contributed by atoms with Gasteiger partial charge in [-0.15, -0.1) is 0 Å². The highest BCUT2D eigenvalue weighted by Gasteiger charge is 2.37. The van der Waals surface area contributed by atoms with Crippen molar-refractivity contribution in [1.29, 1.82) is 0 Å². The highest BCUT2D eigenvalue weighted by molar-refractivity contribution is 6.09. The quantitative estimate of drug-likeness (QED) is 0.158. The molecule has 9 aromatic rings. The molecule has 0 aliphatic heterocycles. The molecule has 9 aromatic carbocycles. The van der Waals surface area contributed by atoms with Crippen LogP contribution in [0.4, 0.5) is 21.5 Å². The van der Waals surface area contributed by atoms with Crippen LogP contribution in [0.15, 0.2) is 206 Å². The maximum atomic E-state index is 15.5. The zero-order valence-electron chi connectivity index (χ0n) is 32.0. The summed E-state index contributed by atoms with van der Waals surface area (Å²) in [7, 11) is 0. The number of benzene rings is 9. The third-order valence-corrected chi connectivity index (χ3v) is 11.8. The van der Waals surface area contributed by atoms with Gasteiger partial charge in [-0.1, -0.05) is 184 Å². The minimum absolute atomic E-state index is 0.118. The maximum absolute atomic E-state index is 15.5. The van der Waals surface area contributed by atoms with E-state index in [1.807, 2.05) is 24.3 Å². The van der Waals surface area contributed by atoms with E-state index in [2.05, 4.69) is 189 Å². The third-order valence-electron chi connectivity index (χ3n) is 11.8. The van der Waals surface area contributed by atoms with Crippen molar-refractivity contribution in [3.05, 3.63) is 223 Å². The second-order valence-corrected chi connectivity index (χ2v) is 15.4. The lowest BCUT2D eigenvalue weighted by Gasteiger charge is -2.29. The van der Waals surface area contributed by atoms with Crippen LogP contribution < -0.4 is 4.90 Å². The molecule has 0 saturated carbocycles. The maximum Gasteiger partial charge on any atom is 0.131 e. The average Bonchev–Trinajstić information content (AvgIpc) is 3.50. The number of hydrogen-bond acceptors (Lipinski definition) is 1. The Bertz CT molecular complexity index is 2920. The van der Waals surface area contributed by atoms with E-state index in [-0.39, 0.29) is 11.2 Å². The standard InChI is InChI=1S/C55H40FN/c1-55(2)50-26-9-6-19-44(50)49-25-14-22-43(54(49)55)39-31-35-42(36-32-39)57(41-33-29-38(30-34-41)37-15-4-3-5-16-37)52-28-11-8-21-46(52)48-24-13-18-40-17-12-23-47(53(40)48)45-20-7-10-27-51(45)56/h3-36H,1-2H3. The van der Waals surface area contributed by atoms with E-state index in [0.29, 0.717) is 5.56 Å². The van der Waals surface area contributed by atoms with Gasteiger partial charge in [0.25, 0.3) is 0 Å². The summed E-state index contributed by atoms with van der Waals surface area (Å²) in [5, 5.41) is 2.08. The number of nitrogens with zero attached hydrogens (tertiary/aromatic N) is 1. The first-order chi connectivity index (χ1) is 28.0. The molecular weight excluding hydrogens is 694 g/mol. The molecule has 1 aliphatic carbocycles. The molecule has 2 heteroatoms. The van der Waals surface area contributed by atoms with Gasteiger partial charge in [0, 0.05) is 27.9 Å². The van der Waals surface area contributed by atoms with Gasteiger partial charge >= 0.3 is 0 Å². The first-order valence-corrected chi connectivity index (χ1v) is 19.6. The van der Waals surface area contributed by atoms with E-state index >= 15 is 4.39 Å². The van der Waals surface area contributed by atoms with Crippen LogP contribution in [0.3, 0.4) is 0 Å². The molecular formula is C55H40FN. The summed E-state index contributed by atoms with van der Waals surface area (Å²) in [6, 6.07) is 72.1. The molecule has 57 heavy (non-hydrogen) atoms. The summed E-state index contributed by atoms with van der Waals surface area (Å²) >= 11 is 0. The minimum atomic E-state index is -0.232. The van der Waals surface area contributed by atoms with Crippen molar-refractivity contribution in [1.82, 2.24) is 0 Å². The number of fused-ring (bicyclic) bond motifs is 4. The Hall–Kier alpha value is -7.03. The first-order valence-electron chi connectivity index (χ1n) is 19.6. The fraction of sp³-hybridized carbons (Fsp3) is 0.0545. The number of anilines is 3. The van der Waals surface area contributed by atoms with Gasteiger partial charge in [0.15, 0.2) is 0 Å². The summed E-state index contributed by atoms with van der Waals surface area (Å²) < 4.78 is 15.5. The van der Waals surface area contributed by atoms with Crippen LogP contribution in [0, 0.1) is 5.82 Å². The summed E-state index contributed by atoms with van der Waals surface area (Å²) in [6.07, 6.45) is 0. The number of rotatable bonds is 7. The Balaban J connectivity index is 1.14. The molecule has 0 radical (unpaired) electrons. The van der Waals surface area contributed by atoms with Gasteiger partial charge in [-0.3, -0.25) is 0 Å². The molecule has 1 nitrogen and oxygen atoms in total. The zero-order valence-corrected chi connectivity index (χ0v) is 32.0. The van der Waals surface area contributed by atoms with Crippen LogP contribution >= 0.6 is 0 Å². The molecule has 272 valence electrons. The van der Waals surface area contributed by atoms with Crippen LogP contribution in [0.25, 0.3) is 66.4 Å². The van der Waals surface area contributed by atoms with Gasteiger partial charge in [-0.05, 0) is 103 Å². The Morgan fingerprint density at radius 2 is 0.860 bits per heavy atom. The van der Waals surface area contributed by atoms with Crippen molar-refractivity contribution in [3.8, 4) is 55.6 Å². The largest absolute Gasteiger partial charge is 0.310 e. The van der Waals surface area contributed by atoms with Gasteiger partial charge in [-0.25, -0.2) is 4.39 Å². The SMILES string of the molecule is CC1(C)c2ccccc2-c2cccc(-c3ccc(N(c4ccc(-c5ccccc5)cc4)c4ccccc4-c4cccc5cccc(-c6ccccc6F)c45)cc3)c21. The molecule has 0 amide bonds. The van der Waals surface area contributed by atoms with Gasteiger partial charge in [-0.2, -0.15) is 0 Å². The second-order valence-electron chi connectivity index (χ2n) is 15.4. The molecule has 0 saturated heterocycles. The van der Waals surface area contributed by atoms with Crippen LogP contribution in [-0.2, 0) is 5.41 Å². The number of para-hydroxylation sites is 1. The van der Waals surface area contributed by atoms with Crippen LogP contribution in [0.1, 0.15) is 25.0 Å². The lowest BCUT2D eigenvalue weighted by atomic mass is 9.79. The fourth-order valence-electron chi connectivity index (χ4n) is 9.11. The first kappa shape index (κ1) is 34.5. The van der Waals surface area contributed by atoms with Gasteiger partial charge in [0.2, 0.25) is 0 Å². The van der Waals surface area contributed by atoms with Gasteiger partial charge < -0.3 is 4.90 Å². The molecule has 0 aromatic heterocycles. The summed E-state index contributed by atoms with van der Waals surface area (Å²) in [6.45, 7) is 4.69. The van der Waals surface area contributed by atoms with Crippen LogP contribution in [-0.4, -0.2) is 0 Å². The predicted molar refractivity (Wildman–Crippen MR) is 238 cm³/mol. The highest BCUT2D eigenvalue weighted by atomic mass is 19.1. The Kier molecular flexibility index (Phi) is 8.42. The Labute approximate surface area is 334 Å². The molecule has 1 aliphatic rings. The molecule has 0 heterocycles. The number of halogens is 1. The minimum Gasteiger partial charge on any atom is -0.310 e. The molecule has 0 spiro atoms. The van der Waals surface area contributed by atoms with Crippen molar-refractivity contribution in [3.63, 3.8) is 0 Å². The molecule has 0 unspecified atom stereocenters. The Morgan fingerprint density at radius 1 is 0.368 bits per heavy atom. The number of hydrogen-bond donors (Lipinski definition) is 0. The van der Waals surface area contributed by atoms with Crippen molar-refractivity contribution >= 4 is 27.8 Å². The normalized spacial score (nSPS) is 12.6. The lowest BCUT2D eigenvalue weighted by Crippen LogP contribution is -2.16. The molecule has 0 atom stereocenters. The third kappa shape index (κ3) is 5.84. The van der Waals surface area contributed by atoms with Crippen molar-refractivity contribution < 1.29 is 4.39 Å². The molecule has 0 bridgehead atoms. The summed E-state index contributed by atoms with van der Waals surface area (Å²) in [5.41, 5.74) is 16.7. The molecule has 10 rings (SSSR count).